The zero-order valence-corrected chi connectivity index (χ0v) is 14.7. The Morgan fingerprint density at radius 2 is 2.07 bits per heavy atom. The molecule has 8 heteroatoms. The first-order chi connectivity index (χ1) is 13.1. The molecule has 0 spiro atoms. The monoisotopic (exact) mass is 364 g/mol. The Balaban J connectivity index is 1.56. The molecule has 0 fully saturated rings. The van der Waals surface area contributed by atoms with Crippen LogP contribution in [0.1, 0.15) is 18.3 Å². The van der Waals surface area contributed by atoms with Gasteiger partial charge in [-0.2, -0.15) is 10.1 Å². The van der Waals surface area contributed by atoms with Gasteiger partial charge >= 0.3 is 6.01 Å². The first-order valence-electron chi connectivity index (χ1n) is 8.36. The number of nitrogens with zero attached hydrogens (tertiary/aromatic N) is 3. The number of aromatic amines is 2. The lowest BCUT2D eigenvalue weighted by Crippen LogP contribution is -1.98. The number of aromatic nitrogens is 5. The molecule has 136 valence electrons. The van der Waals surface area contributed by atoms with Crippen LogP contribution in [0.5, 0.6) is 11.8 Å². The second kappa shape index (κ2) is 6.91. The summed E-state index contributed by atoms with van der Waals surface area (Å²) >= 11 is 0. The van der Waals surface area contributed by atoms with E-state index in [1.54, 1.807) is 24.3 Å². The Morgan fingerprint density at radius 1 is 1.19 bits per heavy atom. The van der Waals surface area contributed by atoms with Gasteiger partial charge in [-0.3, -0.25) is 5.10 Å². The Morgan fingerprint density at radius 3 is 2.93 bits per heavy atom. The number of aryl methyl sites for hydroxylation is 1. The van der Waals surface area contributed by atoms with Gasteiger partial charge < -0.3 is 15.0 Å². The number of anilines is 2. The topological polar surface area (TPSA) is 91.5 Å². The van der Waals surface area contributed by atoms with Crippen molar-refractivity contribution in [1.29, 1.82) is 0 Å². The van der Waals surface area contributed by atoms with E-state index in [2.05, 4.69) is 30.5 Å². The van der Waals surface area contributed by atoms with Crippen molar-refractivity contribution < 1.29 is 9.13 Å². The van der Waals surface area contributed by atoms with Crippen molar-refractivity contribution in [1.82, 2.24) is 25.1 Å². The van der Waals surface area contributed by atoms with E-state index in [9.17, 15) is 4.39 Å². The molecule has 0 aliphatic carbocycles. The second-order valence-electron chi connectivity index (χ2n) is 5.95. The van der Waals surface area contributed by atoms with Gasteiger partial charge in [0.2, 0.25) is 0 Å². The molecule has 0 saturated heterocycles. The molecule has 0 amide bonds. The smallest absolute Gasteiger partial charge is 0.323 e. The molecule has 3 heterocycles. The maximum atomic E-state index is 14.7. The number of fused-ring (bicyclic) bond motifs is 1. The summed E-state index contributed by atoms with van der Waals surface area (Å²) < 4.78 is 20.2. The highest BCUT2D eigenvalue weighted by atomic mass is 19.1. The van der Waals surface area contributed by atoms with Gasteiger partial charge in [-0.1, -0.05) is 6.08 Å². The number of hydrogen-bond acceptors (Lipinski definition) is 5. The van der Waals surface area contributed by atoms with Crippen molar-refractivity contribution in [3.05, 3.63) is 59.8 Å². The van der Waals surface area contributed by atoms with E-state index in [-0.39, 0.29) is 11.8 Å². The third kappa shape index (κ3) is 3.50. The molecular weight excluding hydrogens is 347 g/mol. The average Bonchev–Trinajstić information content (AvgIpc) is 3.24. The molecule has 7 nitrogen and oxygen atoms in total. The predicted molar refractivity (Wildman–Crippen MR) is 102 cm³/mol. The molecule has 3 aromatic heterocycles. The van der Waals surface area contributed by atoms with Gasteiger partial charge in [0.25, 0.3) is 0 Å². The summed E-state index contributed by atoms with van der Waals surface area (Å²) in [5, 5.41) is 10.5. The molecule has 0 unspecified atom stereocenters. The van der Waals surface area contributed by atoms with E-state index in [0.29, 0.717) is 22.5 Å². The molecule has 27 heavy (non-hydrogen) atoms. The number of nitrogens with one attached hydrogen (secondary N) is 3. The molecule has 0 bridgehead atoms. The molecule has 0 aliphatic heterocycles. The molecule has 0 atom stereocenters. The number of allylic oxidation sites excluding steroid dienone is 1. The number of hydrogen-bond donors (Lipinski definition) is 3. The van der Waals surface area contributed by atoms with E-state index in [1.807, 2.05) is 32.1 Å². The van der Waals surface area contributed by atoms with Crippen LogP contribution in [0, 0.1) is 12.7 Å². The highest BCUT2D eigenvalue weighted by molar-refractivity contribution is 5.82. The normalized spacial score (nSPS) is 11.4. The van der Waals surface area contributed by atoms with Crippen LogP contribution in [0.25, 0.3) is 17.0 Å². The fourth-order valence-electron chi connectivity index (χ4n) is 2.72. The van der Waals surface area contributed by atoms with Gasteiger partial charge in [-0.25, -0.2) is 9.37 Å². The van der Waals surface area contributed by atoms with Gasteiger partial charge in [-0.05, 0) is 44.2 Å². The van der Waals surface area contributed by atoms with Crippen LogP contribution in [0.3, 0.4) is 0 Å². The van der Waals surface area contributed by atoms with E-state index in [4.69, 9.17) is 4.74 Å². The first-order valence-corrected chi connectivity index (χ1v) is 8.36. The third-order valence-corrected chi connectivity index (χ3v) is 3.87. The number of rotatable bonds is 5. The van der Waals surface area contributed by atoms with Crippen molar-refractivity contribution in [3.8, 4) is 11.8 Å². The highest BCUT2D eigenvalue weighted by Gasteiger charge is 2.13. The lowest BCUT2D eigenvalue weighted by atomic mass is 10.2. The van der Waals surface area contributed by atoms with E-state index < -0.39 is 5.82 Å². The van der Waals surface area contributed by atoms with Gasteiger partial charge in [0.15, 0.2) is 17.4 Å². The summed E-state index contributed by atoms with van der Waals surface area (Å²) in [5.74, 6) is 0.691. The zero-order chi connectivity index (χ0) is 18.8. The van der Waals surface area contributed by atoms with Crippen molar-refractivity contribution in [2.75, 3.05) is 5.32 Å². The van der Waals surface area contributed by atoms with Gasteiger partial charge in [0.05, 0.1) is 5.69 Å². The molecule has 0 radical (unpaired) electrons. The zero-order valence-electron chi connectivity index (χ0n) is 14.7. The highest BCUT2D eigenvalue weighted by Crippen LogP contribution is 2.29. The summed E-state index contributed by atoms with van der Waals surface area (Å²) in [6, 6.07) is 8.59. The van der Waals surface area contributed by atoms with Crippen LogP contribution in [0.15, 0.2) is 42.6 Å². The molecule has 4 rings (SSSR count). The first kappa shape index (κ1) is 16.8. The number of ether oxygens (including phenoxy) is 1. The minimum absolute atomic E-state index is 0.0368. The van der Waals surface area contributed by atoms with Crippen LogP contribution >= 0.6 is 0 Å². The third-order valence-electron chi connectivity index (χ3n) is 3.87. The Hall–Kier alpha value is -3.68. The number of halogens is 1. The maximum Gasteiger partial charge on any atom is 0.323 e. The van der Waals surface area contributed by atoms with Gasteiger partial charge in [0.1, 0.15) is 5.82 Å². The minimum atomic E-state index is -0.456. The van der Waals surface area contributed by atoms with Crippen LogP contribution in [-0.2, 0) is 0 Å². The van der Waals surface area contributed by atoms with Gasteiger partial charge in [-0.15, -0.1) is 0 Å². The maximum absolute atomic E-state index is 14.7. The van der Waals surface area contributed by atoms with E-state index >= 15 is 0 Å². The van der Waals surface area contributed by atoms with Crippen LogP contribution in [-0.4, -0.2) is 25.1 Å². The van der Waals surface area contributed by atoms with Crippen molar-refractivity contribution >= 4 is 28.6 Å². The largest absolute Gasteiger partial charge is 0.421 e. The lowest BCUT2D eigenvalue weighted by molar-refractivity contribution is 0.414. The molecular formula is C19H17FN6O. The SMILES string of the molecule is C/C=C/c1cc(Nc2ccnc(Oc3ccc4[nH]c(C)cc4c3F)n2)n[nH]1. The molecule has 0 aliphatic rings. The second-order valence-corrected chi connectivity index (χ2v) is 5.95. The van der Waals surface area contributed by atoms with Crippen molar-refractivity contribution in [3.63, 3.8) is 0 Å². The Kier molecular flexibility index (Phi) is 4.29. The lowest BCUT2D eigenvalue weighted by Gasteiger charge is -2.07. The standard InChI is InChI=1S/C19H17FN6O/c1-3-4-12-10-17(26-25-12)23-16-7-8-21-19(24-16)27-15-6-5-14-13(18(15)20)9-11(2)22-14/h3-10,22H,1-2H3,(H2,21,23,24,25,26)/b4-3+. The predicted octanol–water partition coefficient (Wildman–Crippen LogP) is 4.70. The molecule has 4 aromatic rings. The molecule has 0 saturated carbocycles. The van der Waals surface area contributed by atoms with Crippen LogP contribution in [0.4, 0.5) is 16.0 Å². The number of benzene rings is 1. The number of H-pyrrole nitrogens is 2. The van der Waals surface area contributed by atoms with Crippen molar-refractivity contribution in [2.45, 2.75) is 13.8 Å². The minimum Gasteiger partial charge on any atom is -0.421 e. The summed E-state index contributed by atoms with van der Waals surface area (Å²) in [4.78, 5) is 11.4. The van der Waals surface area contributed by atoms with Crippen molar-refractivity contribution in [2.24, 2.45) is 0 Å². The summed E-state index contributed by atoms with van der Waals surface area (Å²) in [6.45, 7) is 3.79. The van der Waals surface area contributed by atoms with Gasteiger partial charge in [0, 0.05) is 28.9 Å². The summed E-state index contributed by atoms with van der Waals surface area (Å²) in [6.07, 6.45) is 5.33. The Labute approximate surface area is 154 Å². The Bertz CT molecular complexity index is 1130. The fraction of sp³-hybridized carbons (Fsp3) is 0.105. The van der Waals surface area contributed by atoms with Crippen LogP contribution in [0.2, 0.25) is 0 Å². The summed E-state index contributed by atoms with van der Waals surface area (Å²) in [5.41, 5.74) is 2.45. The van der Waals surface area contributed by atoms with E-state index in [0.717, 1.165) is 11.4 Å². The average molecular weight is 364 g/mol. The van der Waals surface area contributed by atoms with Crippen LogP contribution < -0.4 is 10.1 Å². The quantitative estimate of drug-likeness (QED) is 0.477. The fourth-order valence-corrected chi connectivity index (χ4v) is 2.72. The van der Waals surface area contributed by atoms with E-state index in [1.165, 1.54) is 6.20 Å². The molecule has 1 aromatic carbocycles. The summed E-state index contributed by atoms with van der Waals surface area (Å²) in [7, 11) is 0. The molecule has 3 N–H and O–H groups in total.